The molecule has 2 aliphatic rings. The highest BCUT2D eigenvalue weighted by Crippen LogP contribution is 2.36. The predicted molar refractivity (Wildman–Crippen MR) is 120 cm³/mol. The van der Waals surface area contributed by atoms with Gasteiger partial charge in [-0.25, -0.2) is 4.98 Å². The first-order chi connectivity index (χ1) is 15.0. The van der Waals surface area contributed by atoms with Crippen molar-refractivity contribution in [2.24, 2.45) is 5.92 Å². The number of hydrogen-bond acceptors (Lipinski definition) is 7. The van der Waals surface area contributed by atoms with Gasteiger partial charge in [-0.05, 0) is 74.9 Å². The van der Waals surface area contributed by atoms with E-state index in [1.165, 1.54) is 0 Å². The van der Waals surface area contributed by atoms with Crippen LogP contribution in [0.1, 0.15) is 31.2 Å². The van der Waals surface area contributed by atoms with Crippen molar-refractivity contribution in [3.8, 4) is 17.0 Å². The van der Waals surface area contributed by atoms with Crippen LogP contribution in [-0.4, -0.2) is 56.9 Å². The molecule has 31 heavy (non-hydrogen) atoms. The first kappa shape index (κ1) is 20.5. The van der Waals surface area contributed by atoms with Gasteiger partial charge in [-0.15, -0.1) is 0 Å². The monoisotopic (exact) mass is 442 g/mol. The van der Waals surface area contributed by atoms with E-state index < -0.39 is 0 Å². The summed E-state index contributed by atoms with van der Waals surface area (Å²) >= 11 is 6.23. The van der Waals surface area contributed by atoms with Crippen LogP contribution in [0.2, 0.25) is 5.02 Å². The van der Waals surface area contributed by atoms with Crippen molar-refractivity contribution in [2.45, 2.75) is 44.8 Å². The van der Waals surface area contributed by atoms with Gasteiger partial charge < -0.3 is 24.8 Å². The summed E-state index contributed by atoms with van der Waals surface area (Å²) in [5.74, 6) is 0.548. The number of phenolic OH excluding ortho intramolecular Hbond substituents is 1. The fourth-order valence-electron chi connectivity index (χ4n) is 4.62. The van der Waals surface area contributed by atoms with Crippen molar-refractivity contribution in [1.29, 1.82) is 0 Å². The van der Waals surface area contributed by atoms with Gasteiger partial charge in [0.25, 0.3) is 6.01 Å². The molecule has 1 saturated carbocycles. The largest absolute Gasteiger partial charge is 0.507 e. The zero-order valence-electron chi connectivity index (χ0n) is 17.5. The highest BCUT2D eigenvalue weighted by molar-refractivity contribution is 6.31. The molecule has 1 saturated heterocycles. The Labute approximate surface area is 186 Å². The van der Waals surface area contributed by atoms with Crippen LogP contribution in [0.3, 0.4) is 0 Å². The van der Waals surface area contributed by atoms with E-state index in [1.807, 2.05) is 19.1 Å². The molecule has 2 fully saturated rings. The average molecular weight is 443 g/mol. The number of halogens is 1. The molecule has 1 aliphatic heterocycles. The Balaban J connectivity index is 1.32. The zero-order chi connectivity index (χ0) is 21.5. The molecule has 0 radical (unpaired) electrons. The molecule has 2 aromatic heterocycles. The second-order valence-electron chi connectivity index (χ2n) is 8.75. The summed E-state index contributed by atoms with van der Waals surface area (Å²) in [7, 11) is 0. The van der Waals surface area contributed by atoms with Gasteiger partial charge in [0, 0.05) is 29.7 Å². The number of aliphatic hydroxyl groups is 1. The van der Waals surface area contributed by atoms with Crippen molar-refractivity contribution in [3.05, 3.63) is 34.9 Å². The van der Waals surface area contributed by atoms with E-state index in [1.54, 1.807) is 12.1 Å². The number of rotatable bonds is 5. The molecular weight excluding hydrogens is 416 g/mol. The Morgan fingerprint density at radius 2 is 2.06 bits per heavy atom. The number of piperidine rings is 1. The van der Waals surface area contributed by atoms with Crippen molar-refractivity contribution in [2.75, 3.05) is 25.0 Å². The maximum atomic E-state index is 10.3. The number of likely N-dealkylation sites (tertiary alicyclic amines) is 1. The van der Waals surface area contributed by atoms with Gasteiger partial charge in [-0.1, -0.05) is 11.6 Å². The summed E-state index contributed by atoms with van der Waals surface area (Å²) in [5.41, 5.74) is 3.06. The molecule has 8 heteroatoms. The lowest BCUT2D eigenvalue weighted by atomic mass is 9.81. The van der Waals surface area contributed by atoms with Gasteiger partial charge in [-0.2, -0.15) is 4.98 Å². The van der Waals surface area contributed by atoms with Crippen LogP contribution in [0.4, 0.5) is 6.01 Å². The summed E-state index contributed by atoms with van der Waals surface area (Å²) < 4.78 is 5.88. The topological polar surface area (TPSA) is 94.7 Å². The average Bonchev–Trinajstić information content (AvgIpc) is 3.15. The molecular formula is C23H27ClN4O3. The van der Waals surface area contributed by atoms with Gasteiger partial charge in [0.2, 0.25) is 5.65 Å². The number of hydrogen-bond donors (Lipinski definition) is 3. The maximum absolute atomic E-state index is 10.3. The smallest absolute Gasteiger partial charge is 0.297 e. The number of phenols is 1. The maximum Gasteiger partial charge on any atom is 0.297 e. The Bertz CT molecular complexity index is 1100. The van der Waals surface area contributed by atoms with Gasteiger partial charge >= 0.3 is 0 Å². The van der Waals surface area contributed by atoms with Crippen molar-refractivity contribution in [3.63, 3.8) is 0 Å². The molecule has 5 rings (SSSR count). The number of benzene rings is 1. The fourth-order valence-corrected chi connectivity index (χ4v) is 4.78. The van der Waals surface area contributed by atoms with E-state index in [-0.39, 0.29) is 17.9 Å². The standard InChI is InChI=1S/C23H27ClN4O3/c1-13-16(24)5-8-19(30)21(13)17-6-9-20-22(26-17)27-23(31-20)25-15-3-2-10-28(12-15)11-14-4-7-18(14)29/h5-6,8-9,14-15,18,29-30H,2-4,7,10-12H2,1H3,(H,25,26,27)/t14-,15+,18+/m0/s1. The van der Waals surface area contributed by atoms with E-state index in [9.17, 15) is 10.2 Å². The number of pyridine rings is 1. The van der Waals surface area contributed by atoms with E-state index in [0.29, 0.717) is 39.4 Å². The predicted octanol–water partition coefficient (Wildman–Crippen LogP) is 4.20. The van der Waals surface area contributed by atoms with Crippen LogP contribution in [0.25, 0.3) is 22.5 Å². The second-order valence-corrected chi connectivity index (χ2v) is 9.16. The Morgan fingerprint density at radius 1 is 1.19 bits per heavy atom. The quantitative estimate of drug-likeness (QED) is 0.545. The first-order valence-electron chi connectivity index (χ1n) is 10.9. The first-order valence-corrected chi connectivity index (χ1v) is 11.3. The lowest BCUT2D eigenvalue weighted by Crippen LogP contribution is -2.47. The van der Waals surface area contributed by atoms with Gasteiger partial charge in [0.15, 0.2) is 5.58 Å². The minimum atomic E-state index is -0.131. The molecule has 164 valence electrons. The molecule has 3 heterocycles. The summed E-state index contributed by atoms with van der Waals surface area (Å²) in [5, 5.41) is 24.2. The second kappa shape index (κ2) is 8.30. The van der Waals surface area contributed by atoms with E-state index in [4.69, 9.17) is 16.0 Å². The summed E-state index contributed by atoms with van der Waals surface area (Å²) in [6.45, 7) is 4.80. The number of fused-ring (bicyclic) bond motifs is 1. The van der Waals surface area contributed by atoms with Crippen molar-refractivity contribution in [1.82, 2.24) is 14.9 Å². The number of anilines is 1. The molecule has 3 N–H and O–H groups in total. The number of aromatic nitrogens is 2. The van der Waals surface area contributed by atoms with E-state index in [0.717, 1.165) is 50.9 Å². The number of nitrogens with one attached hydrogen (secondary N) is 1. The van der Waals surface area contributed by atoms with Crippen molar-refractivity contribution < 1.29 is 14.6 Å². The summed E-state index contributed by atoms with van der Waals surface area (Å²) in [4.78, 5) is 11.6. The lowest BCUT2D eigenvalue weighted by Gasteiger charge is -2.40. The van der Waals surface area contributed by atoms with Gasteiger partial charge in [-0.3, -0.25) is 0 Å². The van der Waals surface area contributed by atoms with Crippen LogP contribution in [-0.2, 0) is 0 Å². The fraction of sp³-hybridized carbons (Fsp3) is 0.478. The molecule has 3 atom stereocenters. The third kappa shape index (κ3) is 4.10. The Morgan fingerprint density at radius 3 is 2.84 bits per heavy atom. The number of aliphatic hydroxyl groups excluding tert-OH is 1. The van der Waals surface area contributed by atoms with E-state index >= 15 is 0 Å². The van der Waals surface area contributed by atoms with Crippen LogP contribution in [0.5, 0.6) is 5.75 Å². The number of aromatic hydroxyl groups is 1. The van der Waals surface area contributed by atoms with Crippen LogP contribution < -0.4 is 5.32 Å². The normalized spacial score (nSPS) is 24.3. The molecule has 1 aromatic carbocycles. The number of oxazole rings is 1. The van der Waals surface area contributed by atoms with Crippen molar-refractivity contribution >= 4 is 28.8 Å². The third-order valence-electron chi connectivity index (χ3n) is 6.59. The molecule has 0 spiro atoms. The molecule has 0 amide bonds. The molecule has 0 unspecified atom stereocenters. The van der Waals surface area contributed by atoms with Crippen LogP contribution in [0.15, 0.2) is 28.7 Å². The Kier molecular flexibility index (Phi) is 5.50. The molecule has 7 nitrogen and oxygen atoms in total. The van der Waals surface area contributed by atoms with E-state index in [2.05, 4.69) is 20.2 Å². The minimum Gasteiger partial charge on any atom is -0.507 e. The molecule has 0 bridgehead atoms. The highest BCUT2D eigenvalue weighted by atomic mass is 35.5. The minimum absolute atomic E-state index is 0.131. The van der Waals surface area contributed by atoms with Gasteiger partial charge in [0.05, 0.1) is 11.8 Å². The number of nitrogens with zero attached hydrogens (tertiary/aromatic N) is 3. The highest BCUT2D eigenvalue weighted by Gasteiger charge is 2.32. The summed E-state index contributed by atoms with van der Waals surface area (Å²) in [6.07, 6.45) is 4.09. The van der Waals surface area contributed by atoms with Gasteiger partial charge in [0.1, 0.15) is 5.75 Å². The third-order valence-corrected chi connectivity index (χ3v) is 7.00. The zero-order valence-corrected chi connectivity index (χ0v) is 18.3. The van der Waals surface area contributed by atoms with Crippen LogP contribution >= 0.6 is 11.6 Å². The lowest BCUT2D eigenvalue weighted by molar-refractivity contribution is -0.000278. The SMILES string of the molecule is Cc1c(Cl)ccc(O)c1-c1ccc2oc(N[C@@H]3CCCN(C[C@@H]4CC[C@H]4O)C3)nc2n1. The summed E-state index contributed by atoms with van der Waals surface area (Å²) in [6, 6.07) is 7.58. The Hall–Kier alpha value is -2.35. The van der Waals surface area contributed by atoms with Crippen LogP contribution in [0, 0.1) is 12.8 Å². The molecule has 3 aromatic rings. The molecule has 1 aliphatic carbocycles.